The number of carbonyl (C=O) groups is 11. The molecule has 0 aromatic heterocycles. The first-order valence-corrected chi connectivity index (χ1v) is 21.9. The zero-order valence-corrected chi connectivity index (χ0v) is 38.5. The maximum Gasteiger partial charge on any atom is 0.326 e. The molecule has 18 N–H and O–H groups in total. The van der Waals surface area contributed by atoms with Gasteiger partial charge >= 0.3 is 11.9 Å². The van der Waals surface area contributed by atoms with Gasteiger partial charge in [-0.25, -0.2) is 4.79 Å². The van der Waals surface area contributed by atoms with Gasteiger partial charge < -0.3 is 80.4 Å². The van der Waals surface area contributed by atoms with Crippen LogP contribution in [0.3, 0.4) is 0 Å². The first kappa shape index (κ1) is 58.4. The summed E-state index contributed by atoms with van der Waals surface area (Å²) in [5.74, 6) is -11.9. The molecule has 0 unspecified atom stereocenters. The lowest BCUT2D eigenvalue weighted by molar-refractivity contribution is -0.145. The molecule has 1 aliphatic heterocycles. The van der Waals surface area contributed by atoms with Crippen molar-refractivity contribution in [1.29, 1.82) is 0 Å². The Hall–Kier alpha value is -6.64. The topological polar surface area (TPSA) is 452 Å². The first-order valence-electron chi connectivity index (χ1n) is 21.9. The number of nitrogens with two attached hydrogens (primary N) is 4. The largest absolute Gasteiger partial charge is 0.481 e. The van der Waals surface area contributed by atoms with E-state index in [0.717, 1.165) is 0 Å². The molecule has 0 aliphatic carbocycles. The number of amides is 9. The van der Waals surface area contributed by atoms with E-state index < -0.39 is 152 Å². The number of aliphatic imine (C=N–C) groups is 1. The smallest absolute Gasteiger partial charge is 0.326 e. The third-order valence-electron chi connectivity index (χ3n) is 10.5. The lowest BCUT2D eigenvalue weighted by Crippen LogP contribution is -2.60. The van der Waals surface area contributed by atoms with Crippen molar-refractivity contribution in [1.82, 2.24) is 42.1 Å². The molecule has 1 heterocycles. The van der Waals surface area contributed by atoms with E-state index in [2.05, 4.69) is 42.2 Å². The fourth-order valence-electron chi connectivity index (χ4n) is 6.67. The van der Waals surface area contributed by atoms with Crippen LogP contribution in [0.5, 0.6) is 0 Å². The summed E-state index contributed by atoms with van der Waals surface area (Å²) < 4.78 is 0. The minimum Gasteiger partial charge on any atom is -0.481 e. The quantitative estimate of drug-likeness (QED) is 0.0181. The minimum atomic E-state index is -1.86. The minimum absolute atomic E-state index is 0.00365. The molecule has 1 rings (SSSR count). The molecule has 27 heteroatoms. The Balaban J connectivity index is 3.14. The number of aliphatic carboxylic acids is 2. The molecule has 378 valence electrons. The van der Waals surface area contributed by atoms with Gasteiger partial charge in [-0.15, -0.1) is 0 Å². The van der Waals surface area contributed by atoms with E-state index in [-0.39, 0.29) is 50.7 Å². The summed E-state index contributed by atoms with van der Waals surface area (Å²) in [6, 6.07) is -11.1. The van der Waals surface area contributed by atoms with Gasteiger partial charge in [-0.3, -0.25) is 52.9 Å². The summed E-state index contributed by atoms with van der Waals surface area (Å²) in [6.07, 6.45) is -0.604. The number of likely N-dealkylation sites (tertiary alicyclic amines) is 1. The second-order valence-corrected chi connectivity index (χ2v) is 16.6. The number of nitrogens with one attached hydrogen (secondary N) is 7. The standard InChI is InChI=1S/C40H69N13O14/c1-6-20(4)31(38(65)53-14-8-10-27(53)37(64)48-23(39(66)67)9-7-13-45-40(43)44)52-29(56)17-46-33(60)22(11-12-28(42)55)47-36(63)26(18-54)51-35(62)25(16-30(57)58)50-34(61)24(15-19(2)3)49-32(59)21(5)41/h19-27,31,54H,6-18,41H2,1-5H3,(H2,42,55)(H,46,60)(H,47,63)(H,48,64)(H,49,59)(H,50,61)(H,51,62)(H,52,56)(H,57,58)(H,66,67)(H4,43,44,45)/t20-,21-,22-,23-,24-,25-,26-,27-,31-/m0/s1. The van der Waals surface area contributed by atoms with E-state index >= 15 is 0 Å². The summed E-state index contributed by atoms with van der Waals surface area (Å²) in [4.78, 5) is 146. The second-order valence-electron chi connectivity index (χ2n) is 16.6. The molecule has 0 saturated carbocycles. The van der Waals surface area contributed by atoms with Crippen molar-refractivity contribution >= 4 is 71.1 Å². The molecule has 0 radical (unpaired) electrons. The molecule has 0 spiro atoms. The number of carboxylic acids is 2. The SMILES string of the molecule is CC[C@H](C)[C@H](NC(=O)CNC(=O)[C@H](CCC(N)=O)NC(=O)[C@H](CO)NC(=O)[C@H](CC(=O)O)NC(=O)[C@H](CC(C)C)NC(=O)[C@H](C)N)C(=O)N1CCC[C@H]1C(=O)N[C@@H](CCCN=C(N)N)C(=O)O. The third-order valence-corrected chi connectivity index (χ3v) is 10.5. The molecule has 9 amide bonds. The number of rotatable bonds is 30. The number of nitrogens with zero attached hydrogens (tertiary/aromatic N) is 2. The van der Waals surface area contributed by atoms with Crippen LogP contribution in [-0.4, -0.2) is 166 Å². The van der Waals surface area contributed by atoms with E-state index in [1.807, 2.05) is 0 Å². The Labute approximate surface area is 387 Å². The molecule has 0 bridgehead atoms. The predicted octanol–water partition coefficient (Wildman–Crippen LogP) is -5.69. The maximum absolute atomic E-state index is 13.9. The number of carbonyl (C=O) groups excluding carboxylic acids is 9. The van der Waals surface area contributed by atoms with E-state index in [0.29, 0.717) is 12.8 Å². The highest BCUT2D eigenvalue weighted by molar-refractivity contribution is 5.98. The highest BCUT2D eigenvalue weighted by Crippen LogP contribution is 2.22. The van der Waals surface area contributed by atoms with E-state index in [1.165, 1.54) is 11.8 Å². The van der Waals surface area contributed by atoms with Gasteiger partial charge in [0.1, 0.15) is 42.3 Å². The van der Waals surface area contributed by atoms with Crippen LogP contribution in [-0.2, 0) is 52.7 Å². The van der Waals surface area contributed by atoms with Crippen molar-refractivity contribution in [2.45, 2.75) is 141 Å². The van der Waals surface area contributed by atoms with Crippen molar-refractivity contribution in [2.75, 3.05) is 26.2 Å². The molecule has 1 saturated heterocycles. The number of guanidine groups is 1. The van der Waals surface area contributed by atoms with Crippen molar-refractivity contribution in [3.05, 3.63) is 0 Å². The average Bonchev–Trinajstić information content (AvgIpc) is 3.75. The lowest BCUT2D eigenvalue weighted by Gasteiger charge is -2.32. The molecule has 1 fully saturated rings. The van der Waals surface area contributed by atoms with Crippen molar-refractivity contribution in [3.8, 4) is 0 Å². The van der Waals surface area contributed by atoms with E-state index in [9.17, 15) is 68.1 Å². The molecular formula is C40H69N13O14. The molecule has 1 aliphatic rings. The molecule has 9 atom stereocenters. The fraction of sp³-hybridized carbons (Fsp3) is 0.700. The monoisotopic (exact) mass is 956 g/mol. The summed E-state index contributed by atoms with van der Waals surface area (Å²) in [6.45, 7) is 6.63. The van der Waals surface area contributed by atoms with Crippen LogP contribution in [0.1, 0.15) is 92.4 Å². The summed E-state index contributed by atoms with van der Waals surface area (Å²) in [5, 5.41) is 45.6. The molecule has 0 aromatic rings. The Morgan fingerprint density at radius 2 is 1.31 bits per heavy atom. The Kier molecular flexibility index (Phi) is 25.3. The zero-order valence-electron chi connectivity index (χ0n) is 38.5. The second kappa shape index (κ2) is 29.1. The normalized spacial score (nSPS) is 16.8. The average molecular weight is 956 g/mol. The molecule has 67 heavy (non-hydrogen) atoms. The van der Waals surface area contributed by atoms with Crippen LogP contribution in [0.2, 0.25) is 0 Å². The Morgan fingerprint density at radius 3 is 1.85 bits per heavy atom. The zero-order chi connectivity index (χ0) is 51.1. The van der Waals surface area contributed by atoms with Crippen molar-refractivity contribution < 1.29 is 68.1 Å². The Morgan fingerprint density at radius 1 is 0.731 bits per heavy atom. The summed E-state index contributed by atoms with van der Waals surface area (Å²) in [5.41, 5.74) is 21.5. The number of hydrogen-bond donors (Lipinski definition) is 14. The van der Waals surface area contributed by atoms with Gasteiger partial charge in [0.05, 0.1) is 25.6 Å². The van der Waals surface area contributed by atoms with Gasteiger partial charge in [0, 0.05) is 19.5 Å². The van der Waals surface area contributed by atoms with Crippen molar-refractivity contribution in [2.24, 2.45) is 39.8 Å². The first-order chi connectivity index (χ1) is 31.3. The molecular weight excluding hydrogens is 887 g/mol. The van der Waals surface area contributed by atoms with Gasteiger partial charge in [-0.1, -0.05) is 34.1 Å². The van der Waals surface area contributed by atoms with Crippen LogP contribution >= 0.6 is 0 Å². The van der Waals surface area contributed by atoms with E-state index in [4.69, 9.17) is 22.9 Å². The van der Waals surface area contributed by atoms with E-state index in [1.54, 1.807) is 27.7 Å². The van der Waals surface area contributed by atoms with Crippen molar-refractivity contribution in [3.63, 3.8) is 0 Å². The van der Waals surface area contributed by atoms with Crippen LogP contribution < -0.4 is 60.2 Å². The number of aliphatic hydroxyl groups is 1. The number of primary amides is 1. The van der Waals surface area contributed by atoms with Gasteiger partial charge in [-0.2, -0.15) is 0 Å². The van der Waals surface area contributed by atoms with Crippen LogP contribution in [0.15, 0.2) is 4.99 Å². The van der Waals surface area contributed by atoms with Crippen LogP contribution in [0.25, 0.3) is 0 Å². The number of aliphatic hydroxyl groups excluding tert-OH is 1. The third kappa shape index (κ3) is 21.0. The number of carboxylic acid groups (broad SMARTS) is 2. The summed E-state index contributed by atoms with van der Waals surface area (Å²) in [7, 11) is 0. The van der Waals surface area contributed by atoms with Crippen LogP contribution in [0.4, 0.5) is 0 Å². The highest BCUT2D eigenvalue weighted by Gasteiger charge is 2.40. The van der Waals surface area contributed by atoms with Gasteiger partial charge in [0.25, 0.3) is 0 Å². The molecule has 0 aromatic carbocycles. The fourth-order valence-corrected chi connectivity index (χ4v) is 6.67. The number of hydrogen-bond acceptors (Lipinski definition) is 14. The Bertz CT molecular complexity index is 1810. The maximum atomic E-state index is 13.9. The van der Waals surface area contributed by atoms with Crippen LogP contribution in [0, 0.1) is 11.8 Å². The predicted molar refractivity (Wildman–Crippen MR) is 237 cm³/mol. The van der Waals surface area contributed by atoms with Gasteiger partial charge in [-0.05, 0) is 57.3 Å². The summed E-state index contributed by atoms with van der Waals surface area (Å²) >= 11 is 0. The van der Waals surface area contributed by atoms with Gasteiger partial charge in [0.2, 0.25) is 53.2 Å². The lowest BCUT2D eigenvalue weighted by atomic mass is 9.97. The molecule has 27 nitrogen and oxygen atoms in total. The highest BCUT2D eigenvalue weighted by atomic mass is 16.4. The van der Waals surface area contributed by atoms with Gasteiger partial charge in [0.15, 0.2) is 5.96 Å².